The van der Waals surface area contributed by atoms with Gasteiger partial charge >= 0.3 is 0 Å². The molecule has 0 radical (unpaired) electrons. The first kappa shape index (κ1) is 20.8. The van der Waals surface area contributed by atoms with Crippen molar-refractivity contribution < 1.29 is 14.3 Å². The van der Waals surface area contributed by atoms with Gasteiger partial charge in [0.2, 0.25) is 5.91 Å². The molecule has 2 aromatic rings. The number of rotatable bonds is 8. The van der Waals surface area contributed by atoms with Crippen LogP contribution in [0.5, 0.6) is 5.75 Å². The van der Waals surface area contributed by atoms with E-state index in [0.29, 0.717) is 44.0 Å². The van der Waals surface area contributed by atoms with E-state index in [4.69, 9.17) is 10.5 Å². The number of pyridine rings is 1. The molecule has 1 aliphatic heterocycles. The highest BCUT2D eigenvalue weighted by Crippen LogP contribution is 2.22. The van der Waals surface area contributed by atoms with E-state index in [-0.39, 0.29) is 17.9 Å². The van der Waals surface area contributed by atoms with Gasteiger partial charge in [-0.25, -0.2) is 0 Å². The van der Waals surface area contributed by atoms with Gasteiger partial charge in [-0.2, -0.15) is 0 Å². The molecule has 1 saturated heterocycles. The highest BCUT2D eigenvalue weighted by atomic mass is 16.5. The van der Waals surface area contributed by atoms with Crippen molar-refractivity contribution in [2.75, 3.05) is 19.6 Å². The number of aromatic nitrogens is 1. The summed E-state index contributed by atoms with van der Waals surface area (Å²) >= 11 is 0. The van der Waals surface area contributed by atoms with Gasteiger partial charge in [0.05, 0.1) is 0 Å². The van der Waals surface area contributed by atoms with Crippen LogP contribution in [0, 0.1) is 0 Å². The summed E-state index contributed by atoms with van der Waals surface area (Å²) in [5.41, 5.74) is 6.98. The summed E-state index contributed by atoms with van der Waals surface area (Å²) in [6.07, 6.45) is 6.68. The highest BCUT2D eigenvalue weighted by molar-refractivity contribution is 5.95. The monoisotopic (exact) mass is 396 g/mol. The maximum atomic E-state index is 13.1. The van der Waals surface area contributed by atoms with Gasteiger partial charge in [-0.1, -0.05) is 12.1 Å². The molecule has 0 aliphatic carbocycles. The van der Waals surface area contributed by atoms with Crippen molar-refractivity contribution in [2.45, 2.75) is 38.3 Å². The Bertz CT molecular complexity index is 813. The van der Waals surface area contributed by atoms with Crippen LogP contribution >= 0.6 is 0 Å². The predicted molar refractivity (Wildman–Crippen MR) is 110 cm³/mol. The third-order valence-corrected chi connectivity index (χ3v) is 5.00. The highest BCUT2D eigenvalue weighted by Gasteiger charge is 2.27. The van der Waals surface area contributed by atoms with Crippen molar-refractivity contribution in [3.63, 3.8) is 0 Å². The zero-order chi connectivity index (χ0) is 20.5. The number of carbonyl (C=O) groups excluding carboxylic acids is 2. The van der Waals surface area contributed by atoms with Gasteiger partial charge in [0.1, 0.15) is 12.4 Å². The number of ether oxygens (including phenoxy) is 1. The molecule has 0 saturated carbocycles. The van der Waals surface area contributed by atoms with Crippen LogP contribution in [-0.2, 0) is 11.4 Å². The fourth-order valence-corrected chi connectivity index (χ4v) is 3.47. The maximum absolute atomic E-state index is 13.1. The van der Waals surface area contributed by atoms with Crippen LogP contribution in [0.3, 0.4) is 0 Å². The summed E-state index contributed by atoms with van der Waals surface area (Å²) in [5, 5.41) is 2.90. The first-order chi connectivity index (χ1) is 14.2. The average molecular weight is 396 g/mol. The second kappa shape index (κ2) is 10.6. The number of benzene rings is 1. The summed E-state index contributed by atoms with van der Waals surface area (Å²) < 4.78 is 5.82. The second-order valence-corrected chi connectivity index (χ2v) is 7.17. The van der Waals surface area contributed by atoms with Gasteiger partial charge < -0.3 is 20.7 Å². The Hall–Kier alpha value is -2.93. The SMILES string of the molecule is NCCC(=O)NCC1CCCCN1C(=O)c1cccc(OCc2cccnc2)c1. The van der Waals surface area contributed by atoms with Crippen LogP contribution < -0.4 is 15.8 Å². The molecule has 3 rings (SSSR count). The Labute approximate surface area is 171 Å². The lowest BCUT2D eigenvalue weighted by molar-refractivity contribution is -0.121. The van der Waals surface area contributed by atoms with Crippen LogP contribution in [0.1, 0.15) is 41.6 Å². The summed E-state index contributed by atoms with van der Waals surface area (Å²) in [7, 11) is 0. The quantitative estimate of drug-likeness (QED) is 0.712. The fraction of sp³-hybridized carbons (Fsp3) is 0.409. The van der Waals surface area contributed by atoms with Crippen LogP contribution in [-0.4, -0.2) is 47.4 Å². The van der Waals surface area contributed by atoms with Gasteiger partial charge in [-0.15, -0.1) is 0 Å². The summed E-state index contributed by atoms with van der Waals surface area (Å²) in [4.78, 5) is 30.8. The number of nitrogens with two attached hydrogens (primary N) is 1. The van der Waals surface area contributed by atoms with E-state index in [1.807, 2.05) is 29.2 Å². The van der Waals surface area contributed by atoms with Crippen LogP contribution in [0.4, 0.5) is 0 Å². The second-order valence-electron chi connectivity index (χ2n) is 7.17. The van der Waals surface area contributed by atoms with Crippen molar-refractivity contribution in [3.05, 3.63) is 59.9 Å². The van der Waals surface area contributed by atoms with E-state index >= 15 is 0 Å². The molecule has 1 atom stereocenters. The summed E-state index contributed by atoms with van der Waals surface area (Å²) in [5.74, 6) is 0.537. The van der Waals surface area contributed by atoms with Crippen molar-refractivity contribution >= 4 is 11.8 Å². The number of amides is 2. The lowest BCUT2D eigenvalue weighted by Crippen LogP contribution is -2.49. The van der Waals surface area contributed by atoms with E-state index in [0.717, 1.165) is 24.8 Å². The third-order valence-electron chi connectivity index (χ3n) is 5.00. The number of carbonyl (C=O) groups is 2. The Morgan fingerprint density at radius 2 is 2.14 bits per heavy atom. The fourth-order valence-electron chi connectivity index (χ4n) is 3.47. The van der Waals surface area contributed by atoms with Gasteiger partial charge in [-0.05, 0) is 43.5 Å². The van der Waals surface area contributed by atoms with Crippen LogP contribution in [0.2, 0.25) is 0 Å². The Morgan fingerprint density at radius 1 is 1.24 bits per heavy atom. The predicted octanol–water partition coefficient (Wildman–Crippen LogP) is 2.12. The average Bonchev–Trinajstić information content (AvgIpc) is 2.77. The van der Waals surface area contributed by atoms with E-state index in [1.54, 1.807) is 24.5 Å². The van der Waals surface area contributed by atoms with Crippen molar-refractivity contribution in [1.29, 1.82) is 0 Å². The normalized spacial score (nSPS) is 16.3. The van der Waals surface area contributed by atoms with Crippen LogP contribution in [0.25, 0.3) is 0 Å². The molecule has 2 amide bonds. The molecule has 1 aromatic heterocycles. The molecule has 1 unspecified atom stereocenters. The van der Waals surface area contributed by atoms with Gasteiger partial charge in [0, 0.05) is 55.6 Å². The number of piperidine rings is 1. The Morgan fingerprint density at radius 3 is 2.93 bits per heavy atom. The number of hydrogen-bond donors (Lipinski definition) is 2. The molecule has 29 heavy (non-hydrogen) atoms. The standard InChI is InChI=1S/C22H28N4O3/c23-10-9-21(27)25-15-19-7-1-2-12-26(19)22(28)18-6-3-8-20(13-18)29-16-17-5-4-11-24-14-17/h3-6,8,11,13-14,19H,1-2,7,9-10,12,15-16,23H2,(H,25,27). The largest absolute Gasteiger partial charge is 0.489 e. The number of nitrogens with zero attached hydrogens (tertiary/aromatic N) is 2. The number of nitrogens with one attached hydrogen (secondary N) is 1. The van der Waals surface area contributed by atoms with E-state index in [1.165, 1.54) is 0 Å². The molecule has 0 bridgehead atoms. The molecular weight excluding hydrogens is 368 g/mol. The molecule has 1 aromatic carbocycles. The van der Waals surface area contributed by atoms with E-state index in [9.17, 15) is 9.59 Å². The minimum absolute atomic E-state index is 0.00191. The summed E-state index contributed by atoms with van der Waals surface area (Å²) in [6.45, 7) is 1.87. The Balaban J connectivity index is 1.63. The number of likely N-dealkylation sites (tertiary alicyclic amines) is 1. The molecule has 1 fully saturated rings. The van der Waals surface area contributed by atoms with E-state index in [2.05, 4.69) is 10.3 Å². The van der Waals surface area contributed by atoms with Gasteiger partial charge in [-0.3, -0.25) is 14.6 Å². The smallest absolute Gasteiger partial charge is 0.254 e. The Kier molecular flexibility index (Phi) is 7.58. The minimum Gasteiger partial charge on any atom is -0.489 e. The van der Waals surface area contributed by atoms with Gasteiger partial charge in [0.25, 0.3) is 5.91 Å². The number of hydrogen-bond acceptors (Lipinski definition) is 5. The van der Waals surface area contributed by atoms with E-state index < -0.39 is 0 Å². The molecule has 7 nitrogen and oxygen atoms in total. The molecule has 1 aliphatic rings. The van der Waals surface area contributed by atoms with Gasteiger partial charge in [0.15, 0.2) is 0 Å². The minimum atomic E-state index is -0.0729. The maximum Gasteiger partial charge on any atom is 0.254 e. The zero-order valence-electron chi connectivity index (χ0n) is 16.5. The third kappa shape index (κ3) is 6.02. The first-order valence-corrected chi connectivity index (χ1v) is 10.1. The molecule has 2 heterocycles. The lowest BCUT2D eigenvalue weighted by Gasteiger charge is -2.36. The molecule has 0 spiro atoms. The first-order valence-electron chi connectivity index (χ1n) is 10.1. The van der Waals surface area contributed by atoms with Crippen LogP contribution in [0.15, 0.2) is 48.8 Å². The zero-order valence-corrected chi connectivity index (χ0v) is 16.5. The van der Waals surface area contributed by atoms with Crippen molar-refractivity contribution in [3.8, 4) is 5.75 Å². The molecule has 154 valence electrons. The topological polar surface area (TPSA) is 97.6 Å². The molecule has 7 heteroatoms. The summed E-state index contributed by atoms with van der Waals surface area (Å²) in [6, 6.07) is 11.1. The molecular formula is C22H28N4O3. The lowest BCUT2D eigenvalue weighted by atomic mass is 10.0. The molecule has 3 N–H and O–H groups in total. The van der Waals surface area contributed by atoms with Crippen molar-refractivity contribution in [1.82, 2.24) is 15.2 Å². The van der Waals surface area contributed by atoms with Crippen molar-refractivity contribution in [2.24, 2.45) is 5.73 Å².